The van der Waals surface area contributed by atoms with Gasteiger partial charge < -0.3 is 20.1 Å². The fourth-order valence-corrected chi connectivity index (χ4v) is 4.88. The fraction of sp³-hybridized carbons (Fsp3) is 0.526. The van der Waals surface area contributed by atoms with Crippen LogP contribution in [-0.4, -0.2) is 54.6 Å². The van der Waals surface area contributed by atoms with Crippen molar-refractivity contribution in [2.75, 3.05) is 19.5 Å². The molecular weight excluding hydrogens is 368 g/mol. The number of ether oxygens (including phenoxy) is 2. The van der Waals surface area contributed by atoms with E-state index in [1.165, 1.54) is 0 Å². The largest absolute Gasteiger partial charge is 0.497 e. The second-order valence-electron chi connectivity index (χ2n) is 6.68. The van der Waals surface area contributed by atoms with Crippen molar-refractivity contribution >= 4 is 29.5 Å². The Labute approximate surface area is 162 Å². The van der Waals surface area contributed by atoms with Crippen molar-refractivity contribution in [3.05, 3.63) is 29.8 Å². The van der Waals surface area contributed by atoms with Gasteiger partial charge in [0.05, 0.1) is 19.2 Å². The number of hydrogen-bond donors (Lipinski definition) is 2. The predicted octanol–water partition coefficient (Wildman–Crippen LogP) is 2.15. The standard InChI is InChI=1S/C19H24N2O5S/c1-25-13-8-6-12(7-9-13)15(22)10-26-17(23)5-3-2-4-16-18-14(11-27-16)20-19(24)21-18/h6-9,14,16,18H,2-5,10-11H2,1H3,(H2,20,21,24)/t14-,16-,18-/m0/s1. The predicted molar refractivity (Wildman–Crippen MR) is 102 cm³/mol. The zero-order valence-electron chi connectivity index (χ0n) is 15.2. The van der Waals surface area contributed by atoms with Gasteiger partial charge >= 0.3 is 12.0 Å². The first kappa shape index (κ1) is 19.5. The highest BCUT2D eigenvalue weighted by Gasteiger charge is 2.42. The molecule has 0 saturated carbocycles. The summed E-state index contributed by atoms with van der Waals surface area (Å²) in [6.07, 6.45) is 2.85. The Hall–Kier alpha value is -2.22. The highest BCUT2D eigenvalue weighted by Crippen LogP contribution is 2.33. The lowest BCUT2D eigenvalue weighted by Crippen LogP contribution is -2.36. The number of ketones is 1. The Morgan fingerprint density at radius 2 is 1.96 bits per heavy atom. The third kappa shape index (κ3) is 5.15. The minimum absolute atomic E-state index is 0.0830. The van der Waals surface area contributed by atoms with Crippen LogP contribution in [0.15, 0.2) is 24.3 Å². The summed E-state index contributed by atoms with van der Waals surface area (Å²) in [5.74, 6) is 1.01. The number of nitrogens with one attached hydrogen (secondary N) is 2. The molecule has 2 heterocycles. The summed E-state index contributed by atoms with van der Waals surface area (Å²) in [7, 11) is 1.56. The minimum atomic E-state index is -0.357. The summed E-state index contributed by atoms with van der Waals surface area (Å²) in [5, 5.41) is 6.27. The van der Waals surface area contributed by atoms with Gasteiger partial charge in [-0.25, -0.2) is 4.79 Å². The molecule has 0 radical (unpaired) electrons. The van der Waals surface area contributed by atoms with E-state index >= 15 is 0 Å². The molecule has 0 bridgehead atoms. The van der Waals surface area contributed by atoms with Gasteiger partial charge in [-0.3, -0.25) is 9.59 Å². The van der Waals surface area contributed by atoms with Crippen LogP contribution in [0.5, 0.6) is 5.75 Å². The summed E-state index contributed by atoms with van der Waals surface area (Å²) in [5.41, 5.74) is 0.489. The van der Waals surface area contributed by atoms with Crippen molar-refractivity contribution in [2.45, 2.75) is 43.0 Å². The van der Waals surface area contributed by atoms with Crippen LogP contribution in [0.1, 0.15) is 36.0 Å². The molecule has 146 valence electrons. The van der Waals surface area contributed by atoms with Gasteiger partial charge in [0.15, 0.2) is 12.4 Å². The van der Waals surface area contributed by atoms with Crippen LogP contribution < -0.4 is 15.4 Å². The van der Waals surface area contributed by atoms with E-state index in [2.05, 4.69) is 10.6 Å². The van der Waals surface area contributed by atoms with Crippen LogP contribution >= 0.6 is 11.8 Å². The molecule has 2 saturated heterocycles. The second kappa shape index (κ2) is 9.12. The first-order chi connectivity index (χ1) is 13.1. The smallest absolute Gasteiger partial charge is 0.315 e. The fourth-order valence-electron chi connectivity index (χ4n) is 3.34. The first-order valence-electron chi connectivity index (χ1n) is 9.08. The van der Waals surface area contributed by atoms with Crippen molar-refractivity contribution in [3.8, 4) is 5.75 Å². The van der Waals surface area contributed by atoms with Gasteiger partial charge in [0.2, 0.25) is 0 Å². The molecule has 3 rings (SSSR count). The van der Waals surface area contributed by atoms with Crippen LogP contribution in [0.4, 0.5) is 4.79 Å². The molecule has 2 amide bonds. The van der Waals surface area contributed by atoms with E-state index in [0.717, 1.165) is 18.6 Å². The number of benzene rings is 1. The van der Waals surface area contributed by atoms with Crippen LogP contribution in [0.2, 0.25) is 0 Å². The Kier molecular flexibility index (Phi) is 6.60. The maximum Gasteiger partial charge on any atom is 0.315 e. The van der Waals surface area contributed by atoms with E-state index in [4.69, 9.17) is 9.47 Å². The van der Waals surface area contributed by atoms with Crippen LogP contribution in [0, 0.1) is 0 Å². The lowest BCUT2D eigenvalue weighted by Gasteiger charge is -2.16. The number of rotatable bonds is 9. The number of fused-ring (bicyclic) bond motifs is 1. The number of methoxy groups -OCH3 is 1. The number of carbonyl (C=O) groups is 3. The van der Waals surface area contributed by atoms with Crippen molar-refractivity contribution < 1.29 is 23.9 Å². The summed E-state index contributed by atoms with van der Waals surface area (Å²) < 4.78 is 10.1. The summed E-state index contributed by atoms with van der Waals surface area (Å²) in [6, 6.07) is 7.03. The van der Waals surface area contributed by atoms with Gasteiger partial charge in [0.25, 0.3) is 0 Å². The molecule has 8 heteroatoms. The number of urea groups is 1. The molecule has 0 unspecified atom stereocenters. The van der Waals surface area contributed by atoms with Crippen molar-refractivity contribution in [3.63, 3.8) is 0 Å². The average molecular weight is 392 g/mol. The molecule has 7 nitrogen and oxygen atoms in total. The second-order valence-corrected chi connectivity index (χ2v) is 7.95. The first-order valence-corrected chi connectivity index (χ1v) is 10.1. The SMILES string of the molecule is COc1ccc(C(=O)COC(=O)CCCC[C@@H]2SC[C@@H]3NC(=O)N[C@@H]32)cc1. The highest BCUT2D eigenvalue weighted by atomic mass is 32.2. The lowest BCUT2D eigenvalue weighted by atomic mass is 10.0. The molecule has 27 heavy (non-hydrogen) atoms. The lowest BCUT2D eigenvalue weighted by molar-refractivity contribution is -0.142. The van der Waals surface area contributed by atoms with E-state index in [9.17, 15) is 14.4 Å². The van der Waals surface area contributed by atoms with E-state index in [-0.39, 0.29) is 36.5 Å². The number of amides is 2. The highest BCUT2D eigenvalue weighted by molar-refractivity contribution is 8.00. The molecule has 0 aliphatic carbocycles. The molecular formula is C19H24N2O5S. The van der Waals surface area contributed by atoms with Crippen LogP contribution in [-0.2, 0) is 9.53 Å². The minimum Gasteiger partial charge on any atom is -0.497 e. The number of esters is 1. The molecule has 2 aliphatic heterocycles. The summed E-state index contributed by atoms with van der Waals surface area (Å²) >= 11 is 1.86. The number of thioether (sulfide) groups is 1. The van der Waals surface area contributed by atoms with E-state index < -0.39 is 0 Å². The molecule has 2 fully saturated rings. The Bertz CT molecular complexity index is 694. The monoisotopic (exact) mass is 392 g/mol. The number of unbranched alkanes of at least 4 members (excludes halogenated alkanes) is 1. The summed E-state index contributed by atoms with van der Waals surface area (Å²) in [6.45, 7) is -0.245. The van der Waals surface area contributed by atoms with Crippen LogP contribution in [0.3, 0.4) is 0 Å². The molecule has 2 N–H and O–H groups in total. The van der Waals surface area contributed by atoms with E-state index in [1.807, 2.05) is 11.8 Å². The summed E-state index contributed by atoms with van der Waals surface area (Å²) in [4.78, 5) is 35.2. The van der Waals surface area contributed by atoms with Crippen molar-refractivity contribution in [2.24, 2.45) is 0 Å². The number of hydrogen-bond acceptors (Lipinski definition) is 6. The van der Waals surface area contributed by atoms with Crippen LogP contribution in [0.25, 0.3) is 0 Å². The van der Waals surface area contributed by atoms with Gasteiger partial charge in [-0.05, 0) is 37.1 Å². The van der Waals surface area contributed by atoms with Crippen molar-refractivity contribution in [1.82, 2.24) is 10.6 Å². The van der Waals surface area contributed by atoms with Gasteiger partial charge in [-0.1, -0.05) is 6.42 Å². The molecule has 1 aromatic carbocycles. The Morgan fingerprint density at radius 1 is 1.19 bits per heavy atom. The number of Topliss-reactive ketones (excluding diaryl/α,β-unsaturated/α-hetero) is 1. The molecule has 1 aromatic rings. The van der Waals surface area contributed by atoms with E-state index in [0.29, 0.717) is 29.4 Å². The normalized spacial score (nSPS) is 23.3. The topological polar surface area (TPSA) is 93.7 Å². The van der Waals surface area contributed by atoms with Crippen molar-refractivity contribution in [1.29, 1.82) is 0 Å². The number of carbonyl (C=O) groups excluding carboxylic acids is 3. The molecule has 2 aliphatic rings. The zero-order chi connectivity index (χ0) is 19.2. The third-order valence-electron chi connectivity index (χ3n) is 4.83. The average Bonchev–Trinajstić information content (AvgIpc) is 3.22. The zero-order valence-corrected chi connectivity index (χ0v) is 16.1. The van der Waals surface area contributed by atoms with Gasteiger partial charge in [-0.15, -0.1) is 0 Å². The molecule has 0 spiro atoms. The maximum atomic E-state index is 12.0. The van der Waals surface area contributed by atoms with Gasteiger partial charge in [0.1, 0.15) is 5.75 Å². The van der Waals surface area contributed by atoms with Gasteiger partial charge in [-0.2, -0.15) is 11.8 Å². The molecule has 3 atom stereocenters. The van der Waals surface area contributed by atoms with E-state index in [1.54, 1.807) is 31.4 Å². The Morgan fingerprint density at radius 3 is 2.70 bits per heavy atom. The molecule has 0 aromatic heterocycles. The Balaban J connectivity index is 1.30. The maximum absolute atomic E-state index is 12.0. The third-order valence-corrected chi connectivity index (χ3v) is 6.34. The van der Waals surface area contributed by atoms with Gasteiger partial charge in [0, 0.05) is 23.0 Å². The quantitative estimate of drug-likeness (QED) is 0.289.